The fourth-order valence-electron chi connectivity index (χ4n) is 7.98. The van der Waals surface area contributed by atoms with E-state index < -0.39 is 16.1 Å². The van der Waals surface area contributed by atoms with Crippen molar-refractivity contribution in [3.63, 3.8) is 0 Å². The minimum absolute atomic E-state index is 0.0258. The SMILES string of the molecule is Cc1cccc(C)c1-c1cc2nc(n1)NS(=O)(=O)c1cccc(c1)C(=O)N1CCN(C3C(C)(C)CC3(C)C)C[C@H](C1)O2. The van der Waals surface area contributed by atoms with Crippen LogP contribution in [0.4, 0.5) is 5.95 Å². The summed E-state index contributed by atoms with van der Waals surface area (Å²) in [6.07, 6.45) is 0.731. The third-order valence-corrected chi connectivity index (χ3v) is 10.2. The molecule has 10 heteroatoms. The monoisotopic (exact) mass is 589 g/mol. The van der Waals surface area contributed by atoms with Crippen molar-refractivity contribution in [2.45, 2.75) is 65.0 Å². The maximum atomic E-state index is 13.8. The van der Waals surface area contributed by atoms with Gasteiger partial charge in [0.05, 0.1) is 17.1 Å². The maximum absolute atomic E-state index is 13.8. The van der Waals surface area contributed by atoms with Gasteiger partial charge >= 0.3 is 0 Å². The predicted octanol–water partition coefficient (Wildman–Crippen LogP) is 4.90. The average molecular weight is 590 g/mol. The molecule has 1 aliphatic carbocycles. The Hall–Kier alpha value is -3.50. The van der Waals surface area contributed by atoms with Crippen molar-refractivity contribution in [3.8, 4) is 17.1 Å². The molecule has 1 amide bonds. The second kappa shape index (κ2) is 10.1. The van der Waals surface area contributed by atoms with Crippen molar-refractivity contribution < 1.29 is 17.9 Å². The lowest BCUT2D eigenvalue weighted by Gasteiger charge is -2.62. The highest BCUT2D eigenvalue weighted by Gasteiger charge is 2.56. The Balaban J connectivity index is 1.48. The molecule has 42 heavy (non-hydrogen) atoms. The topological polar surface area (TPSA) is 105 Å². The third kappa shape index (κ3) is 5.15. The van der Waals surface area contributed by atoms with Crippen LogP contribution >= 0.6 is 0 Å². The van der Waals surface area contributed by atoms with Gasteiger partial charge in [0.1, 0.15) is 6.10 Å². The van der Waals surface area contributed by atoms with Crippen LogP contribution in [-0.2, 0) is 10.0 Å². The van der Waals surface area contributed by atoms with Crippen LogP contribution in [0.2, 0.25) is 0 Å². The zero-order valence-corrected chi connectivity index (χ0v) is 26.0. The van der Waals surface area contributed by atoms with Gasteiger partial charge < -0.3 is 9.64 Å². The van der Waals surface area contributed by atoms with Crippen molar-refractivity contribution in [3.05, 3.63) is 65.2 Å². The lowest BCUT2D eigenvalue weighted by Crippen LogP contribution is -2.64. The highest BCUT2D eigenvalue weighted by atomic mass is 32.2. The number of carbonyl (C=O) groups excluding carboxylic acids is 1. The maximum Gasteiger partial charge on any atom is 0.264 e. The molecule has 6 rings (SSSR count). The summed E-state index contributed by atoms with van der Waals surface area (Å²) in [5, 5.41) is 0. The van der Waals surface area contributed by atoms with Crippen molar-refractivity contribution in [2.24, 2.45) is 10.8 Å². The standard InChI is InChI=1S/C32H39N5O4S/c1-20-9-7-10-21(2)27(20)25-16-26-34-30(33-25)35-42(39,40)24-12-8-11-22(15-24)28(38)36-13-14-37(18-23(17-36)41-26)29-31(3,4)19-32(29,5)6/h7-12,15-16,23,29H,13-14,17-19H2,1-6H3,(H,33,34,35)/t23-/m0/s1. The van der Waals surface area contributed by atoms with Crippen LogP contribution in [0.5, 0.6) is 5.88 Å². The molecule has 0 unspecified atom stereocenters. The Kier molecular flexibility index (Phi) is 6.85. The van der Waals surface area contributed by atoms with Crippen LogP contribution in [0.1, 0.15) is 55.6 Å². The fraction of sp³-hybridized carbons (Fsp3) is 0.469. The van der Waals surface area contributed by atoms with Gasteiger partial charge in [0.2, 0.25) is 11.8 Å². The van der Waals surface area contributed by atoms with Gasteiger partial charge in [-0.3, -0.25) is 9.69 Å². The number of aryl methyl sites for hydroxylation is 2. The van der Waals surface area contributed by atoms with E-state index in [0.717, 1.165) is 23.1 Å². The van der Waals surface area contributed by atoms with E-state index >= 15 is 0 Å². The molecule has 1 atom stereocenters. The van der Waals surface area contributed by atoms with E-state index in [-0.39, 0.29) is 33.5 Å². The molecule has 3 heterocycles. The van der Waals surface area contributed by atoms with E-state index in [4.69, 9.17) is 4.74 Å². The molecule has 1 aromatic heterocycles. The molecule has 0 radical (unpaired) electrons. The third-order valence-electron chi connectivity index (χ3n) is 8.91. The Morgan fingerprint density at radius 2 is 1.62 bits per heavy atom. The first kappa shape index (κ1) is 28.6. The van der Waals surface area contributed by atoms with Crippen molar-refractivity contribution in [2.75, 3.05) is 30.9 Å². The van der Waals surface area contributed by atoms with Crippen LogP contribution in [0.25, 0.3) is 11.3 Å². The Labute approximate surface area is 248 Å². The summed E-state index contributed by atoms with van der Waals surface area (Å²) in [6, 6.07) is 14.2. The molecule has 1 N–H and O–H groups in total. The molecule has 3 aliphatic rings. The molecule has 0 spiro atoms. The van der Waals surface area contributed by atoms with E-state index in [0.29, 0.717) is 43.5 Å². The smallest absolute Gasteiger partial charge is 0.264 e. The molecule has 2 fully saturated rings. The number of hydrogen-bond acceptors (Lipinski definition) is 7. The number of benzene rings is 2. The number of anilines is 1. The number of sulfonamides is 1. The molecule has 1 saturated heterocycles. The summed E-state index contributed by atoms with van der Waals surface area (Å²) >= 11 is 0. The molecule has 3 aromatic rings. The van der Waals surface area contributed by atoms with Crippen LogP contribution in [-0.4, -0.2) is 72.4 Å². The number of ether oxygens (including phenoxy) is 1. The van der Waals surface area contributed by atoms with Gasteiger partial charge in [0, 0.05) is 42.9 Å². The summed E-state index contributed by atoms with van der Waals surface area (Å²) in [5.74, 6) is -0.0368. The quantitative estimate of drug-likeness (QED) is 0.453. The Morgan fingerprint density at radius 1 is 0.929 bits per heavy atom. The molecular formula is C32H39N5O4S. The minimum Gasteiger partial charge on any atom is -0.471 e. The summed E-state index contributed by atoms with van der Waals surface area (Å²) in [5.41, 5.74) is 4.07. The summed E-state index contributed by atoms with van der Waals surface area (Å²) < 4.78 is 36.1. The van der Waals surface area contributed by atoms with Crippen molar-refractivity contribution in [1.82, 2.24) is 19.8 Å². The Morgan fingerprint density at radius 3 is 2.31 bits per heavy atom. The molecule has 2 aromatic carbocycles. The zero-order chi connectivity index (χ0) is 30.0. The number of fused-ring (bicyclic) bond motifs is 6. The number of nitrogens with zero attached hydrogens (tertiary/aromatic N) is 4. The van der Waals surface area contributed by atoms with Crippen molar-refractivity contribution in [1.29, 1.82) is 0 Å². The Bertz CT molecular complexity index is 1630. The molecule has 222 valence electrons. The number of amides is 1. The highest BCUT2D eigenvalue weighted by molar-refractivity contribution is 7.92. The van der Waals surface area contributed by atoms with Gasteiger partial charge in [-0.25, -0.2) is 18.1 Å². The van der Waals surface area contributed by atoms with Gasteiger partial charge in [-0.05, 0) is 60.4 Å². The normalized spacial score (nSPS) is 23.2. The number of rotatable bonds is 2. The lowest BCUT2D eigenvalue weighted by molar-refractivity contribution is -0.117. The summed E-state index contributed by atoms with van der Waals surface area (Å²) in [6.45, 7) is 15.4. The molecular weight excluding hydrogens is 550 g/mol. The van der Waals surface area contributed by atoms with Gasteiger partial charge in [-0.15, -0.1) is 0 Å². The predicted molar refractivity (Wildman–Crippen MR) is 162 cm³/mol. The van der Waals surface area contributed by atoms with E-state index in [1.165, 1.54) is 12.1 Å². The molecule has 1 saturated carbocycles. The lowest BCUT2D eigenvalue weighted by atomic mass is 9.51. The van der Waals surface area contributed by atoms with Gasteiger partial charge in [-0.1, -0.05) is 52.0 Å². The molecule has 9 nitrogen and oxygen atoms in total. The summed E-state index contributed by atoms with van der Waals surface area (Å²) in [7, 11) is -4.08. The first-order chi connectivity index (χ1) is 19.7. The number of aromatic nitrogens is 2. The second-order valence-electron chi connectivity index (χ2n) is 13.4. The zero-order valence-electron chi connectivity index (χ0n) is 25.1. The largest absolute Gasteiger partial charge is 0.471 e. The minimum atomic E-state index is -4.08. The number of nitrogens with one attached hydrogen (secondary N) is 1. The van der Waals surface area contributed by atoms with E-state index in [2.05, 4.69) is 47.3 Å². The molecule has 6 bridgehead atoms. The van der Waals surface area contributed by atoms with Crippen LogP contribution in [0.3, 0.4) is 0 Å². The van der Waals surface area contributed by atoms with Gasteiger partial charge in [-0.2, -0.15) is 4.98 Å². The summed E-state index contributed by atoms with van der Waals surface area (Å²) in [4.78, 5) is 27.2. The van der Waals surface area contributed by atoms with E-state index in [1.807, 2.05) is 32.0 Å². The number of carbonyl (C=O) groups is 1. The van der Waals surface area contributed by atoms with Gasteiger partial charge in [0.15, 0.2) is 0 Å². The van der Waals surface area contributed by atoms with Crippen LogP contribution in [0, 0.1) is 24.7 Å². The highest BCUT2D eigenvalue weighted by Crippen LogP contribution is 2.56. The van der Waals surface area contributed by atoms with Crippen molar-refractivity contribution >= 4 is 21.9 Å². The number of hydrogen-bond donors (Lipinski definition) is 1. The van der Waals surface area contributed by atoms with Crippen LogP contribution in [0.15, 0.2) is 53.4 Å². The van der Waals surface area contributed by atoms with E-state index in [1.54, 1.807) is 23.1 Å². The first-order valence-corrected chi connectivity index (χ1v) is 16.0. The second-order valence-corrected chi connectivity index (χ2v) is 15.0. The van der Waals surface area contributed by atoms with Gasteiger partial charge in [0.25, 0.3) is 15.9 Å². The van der Waals surface area contributed by atoms with E-state index in [9.17, 15) is 13.2 Å². The first-order valence-electron chi connectivity index (χ1n) is 14.5. The fourth-order valence-corrected chi connectivity index (χ4v) is 8.97. The molecule has 2 aliphatic heterocycles. The average Bonchev–Trinajstić information content (AvgIpc) is 3.08. The van der Waals surface area contributed by atoms with Crippen LogP contribution < -0.4 is 9.46 Å².